The van der Waals surface area contributed by atoms with E-state index in [9.17, 15) is 8.42 Å². The molecule has 1 aliphatic heterocycles. The van der Waals surface area contributed by atoms with Crippen LogP contribution in [0.2, 0.25) is 0 Å². The number of benzene rings is 1. The molecule has 144 valence electrons. The van der Waals surface area contributed by atoms with Gasteiger partial charge >= 0.3 is 0 Å². The van der Waals surface area contributed by atoms with Crippen molar-refractivity contribution in [2.75, 3.05) is 34.2 Å². The Morgan fingerprint density at radius 2 is 1.85 bits per heavy atom. The van der Waals surface area contributed by atoms with Crippen LogP contribution in [0, 0.1) is 5.41 Å². The van der Waals surface area contributed by atoms with Crippen LogP contribution in [0.25, 0.3) is 0 Å². The summed E-state index contributed by atoms with van der Waals surface area (Å²) in [4.78, 5) is 7.14. The van der Waals surface area contributed by atoms with Gasteiger partial charge < -0.3 is 10.2 Å². The standard InChI is InChI=1S/C19H30N4O2S/c1-20-18(23-13-12-19(15-23)10-4-5-11-19)21-14-16-6-8-17(9-7-16)26(24,25)22(2)3/h6-9H,4-5,10-15H2,1-3H3,(H,20,21). The number of guanidine groups is 1. The van der Waals surface area contributed by atoms with Crippen molar-refractivity contribution >= 4 is 16.0 Å². The second kappa shape index (κ2) is 7.56. The van der Waals surface area contributed by atoms with Crippen molar-refractivity contribution in [3.63, 3.8) is 0 Å². The van der Waals surface area contributed by atoms with E-state index in [1.807, 2.05) is 19.2 Å². The van der Waals surface area contributed by atoms with Crippen LogP contribution in [0.15, 0.2) is 34.2 Å². The average Bonchev–Trinajstić information content (AvgIpc) is 3.26. The van der Waals surface area contributed by atoms with E-state index in [4.69, 9.17) is 0 Å². The molecule has 0 aromatic heterocycles. The lowest BCUT2D eigenvalue weighted by Gasteiger charge is -2.26. The van der Waals surface area contributed by atoms with Gasteiger partial charge in [-0.15, -0.1) is 0 Å². The van der Waals surface area contributed by atoms with Crippen molar-refractivity contribution in [2.24, 2.45) is 10.4 Å². The number of likely N-dealkylation sites (tertiary alicyclic amines) is 1. The minimum Gasteiger partial charge on any atom is -0.352 e. The Morgan fingerprint density at radius 1 is 1.19 bits per heavy atom. The molecule has 7 heteroatoms. The normalized spacial score (nSPS) is 20.3. The molecular formula is C19H30N4O2S. The molecule has 2 aliphatic rings. The maximum absolute atomic E-state index is 12.1. The van der Waals surface area contributed by atoms with Crippen molar-refractivity contribution in [3.8, 4) is 0 Å². The third-order valence-electron chi connectivity index (χ3n) is 5.77. The summed E-state index contributed by atoms with van der Waals surface area (Å²) in [5.74, 6) is 0.943. The first kappa shape index (κ1) is 19.2. The summed E-state index contributed by atoms with van der Waals surface area (Å²) in [6, 6.07) is 7.05. The van der Waals surface area contributed by atoms with Gasteiger partial charge in [-0.05, 0) is 42.4 Å². The molecule has 0 atom stereocenters. The lowest BCUT2D eigenvalue weighted by molar-refractivity contribution is 0.309. The van der Waals surface area contributed by atoms with Crippen molar-refractivity contribution in [1.29, 1.82) is 0 Å². The average molecular weight is 379 g/mol. The minimum absolute atomic E-state index is 0.318. The van der Waals surface area contributed by atoms with E-state index in [-0.39, 0.29) is 0 Å². The van der Waals surface area contributed by atoms with E-state index in [0.29, 0.717) is 16.9 Å². The topological polar surface area (TPSA) is 65.0 Å². The van der Waals surface area contributed by atoms with Gasteiger partial charge in [0.05, 0.1) is 4.90 Å². The van der Waals surface area contributed by atoms with E-state index < -0.39 is 10.0 Å². The maximum Gasteiger partial charge on any atom is 0.242 e. The van der Waals surface area contributed by atoms with Gasteiger partial charge in [-0.3, -0.25) is 4.99 Å². The zero-order chi connectivity index (χ0) is 18.8. The summed E-state index contributed by atoms with van der Waals surface area (Å²) >= 11 is 0. The fourth-order valence-corrected chi connectivity index (χ4v) is 5.05. The molecule has 6 nitrogen and oxygen atoms in total. The van der Waals surface area contributed by atoms with E-state index in [2.05, 4.69) is 15.2 Å². The molecular weight excluding hydrogens is 348 g/mol. The third kappa shape index (κ3) is 3.88. The van der Waals surface area contributed by atoms with Crippen LogP contribution < -0.4 is 5.32 Å². The highest BCUT2D eigenvalue weighted by Crippen LogP contribution is 2.45. The third-order valence-corrected chi connectivity index (χ3v) is 7.60. The highest BCUT2D eigenvalue weighted by atomic mass is 32.2. The molecule has 0 unspecified atom stereocenters. The Bertz CT molecular complexity index is 750. The largest absolute Gasteiger partial charge is 0.352 e. The van der Waals surface area contributed by atoms with Crippen LogP contribution in [0.1, 0.15) is 37.7 Å². The van der Waals surface area contributed by atoms with Crippen molar-refractivity contribution < 1.29 is 8.42 Å². The molecule has 1 aromatic rings. The minimum atomic E-state index is -3.37. The number of hydrogen-bond donors (Lipinski definition) is 1. The first-order valence-electron chi connectivity index (χ1n) is 9.33. The highest BCUT2D eigenvalue weighted by Gasteiger charge is 2.41. The summed E-state index contributed by atoms with van der Waals surface area (Å²) in [6.45, 7) is 2.81. The maximum atomic E-state index is 12.1. The molecule has 1 spiro atoms. The predicted octanol–water partition coefficient (Wildman–Crippen LogP) is 2.28. The zero-order valence-corrected chi connectivity index (χ0v) is 16.8. The van der Waals surface area contributed by atoms with Crippen LogP contribution in [-0.2, 0) is 16.6 Å². The van der Waals surface area contributed by atoms with E-state index in [0.717, 1.165) is 24.6 Å². The van der Waals surface area contributed by atoms with Crippen LogP contribution in [0.3, 0.4) is 0 Å². The Balaban J connectivity index is 1.59. The van der Waals surface area contributed by atoms with E-state index in [1.165, 1.54) is 36.4 Å². The quantitative estimate of drug-likeness (QED) is 0.645. The predicted molar refractivity (Wildman–Crippen MR) is 105 cm³/mol. The van der Waals surface area contributed by atoms with Crippen molar-refractivity contribution in [2.45, 2.75) is 43.5 Å². The summed E-state index contributed by atoms with van der Waals surface area (Å²) in [6.07, 6.45) is 6.69. The van der Waals surface area contributed by atoms with Crippen LogP contribution in [0.5, 0.6) is 0 Å². The van der Waals surface area contributed by atoms with Gasteiger partial charge in [-0.2, -0.15) is 0 Å². The number of sulfonamides is 1. The SMILES string of the molecule is CN=C(NCc1ccc(S(=O)(=O)N(C)C)cc1)N1CCC2(CCCC2)C1. The Hall–Kier alpha value is -1.60. The molecule has 0 amide bonds. The summed E-state index contributed by atoms with van der Waals surface area (Å²) in [5.41, 5.74) is 1.55. The van der Waals surface area contributed by atoms with Gasteiger partial charge in [0.15, 0.2) is 5.96 Å². The smallest absolute Gasteiger partial charge is 0.242 e. The molecule has 2 fully saturated rings. The Morgan fingerprint density at radius 3 is 2.42 bits per heavy atom. The fraction of sp³-hybridized carbons (Fsp3) is 0.632. The second-order valence-corrected chi connectivity index (χ2v) is 9.86. The van der Waals surface area contributed by atoms with E-state index in [1.54, 1.807) is 26.2 Å². The molecule has 3 rings (SSSR count). The zero-order valence-electron chi connectivity index (χ0n) is 16.0. The summed E-state index contributed by atoms with van der Waals surface area (Å²) in [7, 11) is 1.54. The van der Waals surface area contributed by atoms with Gasteiger partial charge in [0.1, 0.15) is 0 Å². The monoisotopic (exact) mass is 378 g/mol. The summed E-state index contributed by atoms with van der Waals surface area (Å²) in [5, 5.41) is 3.43. The lowest BCUT2D eigenvalue weighted by Crippen LogP contribution is -2.40. The number of aliphatic imine (C=N–C) groups is 1. The first-order chi connectivity index (χ1) is 12.4. The van der Waals surface area contributed by atoms with Gasteiger partial charge in [0, 0.05) is 40.8 Å². The second-order valence-electron chi connectivity index (χ2n) is 7.71. The molecule has 26 heavy (non-hydrogen) atoms. The van der Waals surface area contributed by atoms with E-state index >= 15 is 0 Å². The molecule has 0 radical (unpaired) electrons. The van der Waals surface area contributed by atoms with Gasteiger partial charge in [0.2, 0.25) is 10.0 Å². The Labute approximate surface area is 157 Å². The molecule has 1 N–H and O–H groups in total. The number of hydrogen-bond acceptors (Lipinski definition) is 3. The number of rotatable bonds is 4. The lowest BCUT2D eigenvalue weighted by atomic mass is 9.86. The molecule has 1 saturated heterocycles. The van der Waals surface area contributed by atoms with Crippen LogP contribution in [-0.4, -0.2) is 57.8 Å². The van der Waals surface area contributed by atoms with Gasteiger partial charge in [0.25, 0.3) is 0 Å². The first-order valence-corrected chi connectivity index (χ1v) is 10.8. The van der Waals surface area contributed by atoms with Crippen molar-refractivity contribution in [3.05, 3.63) is 29.8 Å². The van der Waals surface area contributed by atoms with Crippen LogP contribution >= 0.6 is 0 Å². The number of nitrogens with zero attached hydrogens (tertiary/aromatic N) is 3. The summed E-state index contributed by atoms with van der Waals surface area (Å²) < 4.78 is 25.5. The molecule has 1 heterocycles. The highest BCUT2D eigenvalue weighted by molar-refractivity contribution is 7.89. The molecule has 1 aromatic carbocycles. The van der Waals surface area contributed by atoms with Gasteiger partial charge in [-0.25, -0.2) is 12.7 Å². The molecule has 1 saturated carbocycles. The van der Waals surface area contributed by atoms with Crippen molar-refractivity contribution in [1.82, 2.24) is 14.5 Å². The number of nitrogens with one attached hydrogen (secondary N) is 1. The fourth-order valence-electron chi connectivity index (χ4n) is 4.15. The molecule has 0 bridgehead atoms. The molecule has 1 aliphatic carbocycles. The van der Waals surface area contributed by atoms with Crippen LogP contribution in [0.4, 0.5) is 0 Å². The Kier molecular flexibility index (Phi) is 5.58. The van der Waals surface area contributed by atoms with Gasteiger partial charge in [-0.1, -0.05) is 25.0 Å².